The van der Waals surface area contributed by atoms with Gasteiger partial charge in [-0.1, -0.05) is 43.2 Å². The van der Waals surface area contributed by atoms with Gasteiger partial charge < -0.3 is 5.32 Å². The fraction of sp³-hybridized carbons (Fsp3) is 0.471. The Morgan fingerprint density at radius 3 is 3.05 bits per heavy atom. The topological polar surface area (TPSA) is 29.9 Å². The van der Waals surface area contributed by atoms with Gasteiger partial charge >= 0.3 is 0 Å². The van der Waals surface area contributed by atoms with Gasteiger partial charge in [-0.15, -0.1) is 0 Å². The van der Waals surface area contributed by atoms with E-state index in [2.05, 4.69) is 64.0 Å². The molecule has 0 amide bonds. The van der Waals surface area contributed by atoms with Crippen molar-refractivity contribution in [3.63, 3.8) is 0 Å². The number of nitrogens with zero attached hydrogens (tertiary/aromatic N) is 2. The van der Waals surface area contributed by atoms with Crippen LogP contribution in [0, 0.1) is 6.92 Å². The van der Waals surface area contributed by atoms with Gasteiger partial charge in [0.05, 0.1) is 16.2 Å². The summed E-state index contributed by atoms with van der Waals surface area (Å²) in [6, 6.07) is 9.13. The molecule has 1 unspecified atom stereocenters. The summed E-state index contributed by atoms with van der Waals surface area (Å²) in [7, 11) is 0. The number of rotatable bonds is 4. The molecule has 2 aromatic rings. The van der Waals surface area contributed by atoms with Crippen LogP contribution in [0.25, 0.3) is 0 Å². The summed E-state index contributed by atoms with van der Waals surface area (Å²) >= 11 is 3.74. The molecule has 4 heteroatoms. The Labute approximate surface area is 134 Å². The van der Waals surface area contributed by atoms with Gasteiger partial charge in [-0.3, -0.25) is 0 Å². The molecule has 1 N–H and O–H groups in total. The van der Waals surface area contributed by atoms with E-state index in [1.165, 1.54) is 29.7 Å². The van der Waals surface area contributed by atoms with Crippen LogP contribution in [0.15, 0.2) is 28.7 Å². The van der Waals surface area contributed by atoms with Crippen LogP contribution < -0.4 is 5.32 Å². The number of halogens is 1. The van der Waals surface area contributed by atoms with Crippen molar-refractivity contribution in [2.24, 2.45) is 0 Å². The quantitative estimate of drug-likeness (QED) is 0.868. The van der Waals surface area contributed by atoms with Gasteiger partial charge in [0, 0.05) is 6.54 Å². The van der Waals surface area contributed by atoms with Crippen molar-refractivity contribution in [1.29, 1.82) is 0 Å². The van der Waals surface area contributed by atoms with E-state index in [0.29, 0.717) is 6.04 Å². The SMILES string of the molecule is CCCCc1nn2c(c1Br)NCCC2c1cccc(C)c1. The molecule has 1 aromatic heterocycles. The zero-order valence-corrected chi connectivity index (χ0v) is 14.3. The summed E-state index contributed by atoms with van der Waals surface area (Å²) in [6.45, 7) is 5.37. The second kappa shape index (κ2) is 6.22. The molecule has 0 bridgehead atoms. The number of benzene rings is 1. The van der Waals surface area contributed by atoms with Crippen molar-refractivity contribution in [1.82, 2.24) is 9.78 Å². The first-order valence-corrected chi connectivity index (χ1v) is 8.57. The first kappa shape index (κ1) is 14.6. The van der Waals surface area contributed by atoms with Gasteiger partial charge in [0.15, 0.2) is 0 Å². The van der Waals surface area contributed by atoms with Crippen molar-refractivity contribution in [3.05, 3.63) is 45.6 Å². The molecule has 0 saturated carbocycles. The predicted octanol–water partition coefficient (Wildman–Crippen LogP) is 4.70. The van der Waals surface area contributed by atoms with Gasteiger partial charge in [-0.05, 0) is 47.7 Å². The molecule has 112 valence electrons. The van der Waals surface area contributed by atoms with Crippen molar-refractivity contribution < 1.29 is 0 Å². The Kier molecular flexibility index (Phi) is 4.34. The Hall–Kier alpha value is -1.29. The number of hydrogen-bond donors (Lipinski definition) is 1. The largest absolute Gasteiger partial charge is 0.369 e. The maximum Gasteiger partial charge on any atom is 0.139 e. The third-order valence-electron chi connectivity index (χ3n) is 4.12. The normalized spacial score (nSPS) is 17.4. The summed E-state index contributed by atoms with van der Waals surface area (Å²) in [5.74, 6) is 1.14. The lowest BCUT2D eigenvalue weighted by molar-refractivity contribution is 0.477. The van der Waals surface area contributed by atoms with E-state index in [-0.39, 0.29) is 0 Å². The number of aromatic nitrogens is 2. The van der Waals surface area contributed by atoms with Crippen molar-refractivity contribution in [2.45, 2.75) is 45.6 Å². The van der Waals surface area contributed by atoms with Crippen molar-refractivity contribution >= 4 is 21.7 Å². The van der Waals surface area contributed by atoms with E-state index < -0.39 is 0 Å². The molecule has 2 heterocycles. The molecular formula is C17H22BrN3. The van der Waals surface area contributed by atoms with Gasteiger partial charge in [0.25, 0.3) is 0 Å². The van der Waals surface area contributed by atoms with Crippen molar-refractivity contribution in [3.8, 4) is 0 Å². The standard InChI is InChI=1S/C17H22BrN3/c1-3-4-8-14-16(18)17-19-10-9-15(21(17)20-14)13-7-5-6-12(2)11-13/h5-7,11,15,19H,3-4,8-10H2,1-2H3. The number of hydrogen-bond acceptors (Lipinski definition) is 2. The smallest absolute Gasteiger partial charge is 0.139 e. The third kappa shape index (κ3) is 2.86. The second-order valence-electron chi connectivity index (χ2n) is 5.80. The zero-order valence-electron chi connectivity index (χ0n) is 12.7. The minimum Gasteiger partial charge on any atom is -0.369 e. The van der Waals surface area contributed by atoms with Crippen LogP contribution in [-0.2, 0) is 6.42 Å². The van der Waals surface area contributed by atoms with Gasteiger partial charge in [-0.2, -0.15) is 5.10 Å². The first-order chi connectivity index (χ1) is 10.2. The highest BCUT2D eigenvalue weighted by Gasteiger charge is 2.26. The number of fused-ring (bicyclic) bond motifs is 1. The van der Waals surface area contributed by atoms with E-state index in [0.717, 1.165) is 29.7 Å². The van der Waals surface area contributed by atoms with Crippen molar-refractivity contribution in [2.75, 3.05) is 11.9 Å². The van der Waals surface area contributed by atoms with Crippen LogP contribution in [0.4, 0.5) is 5.82 Å². The monoisotopic (exact) mass is 347 g/mol. The molecule has 0 aliphatic carbocycles. The molecule has 3 nitrogen and oxygen atoms in total. The van der Waals surface area contributed by atoms with Crippen LogP contribution in [0.2, 0.25) is 0 Å². The first-order valence-electron chi connectivity index (χ1n) is 7.78. The Morgan fingerprint density at radius 2 is 2.29 bits per heavy atom. The maximum atomic E-state index is 4.88. The summed E-state index contributed by atoms with van der Waals surface area (Å²) < 4.78 is 3.32. The molecule has 1 aromatic carbocycles. The Morgan fingerprint density at radius 1 is 1.43 bits per heavy atom. The molecule has 1 aliphatic heterocycles. The van der Waals surface area contributed by atoms with Crippen LogP contribution in [0.1, 0.15) is 49.0 Å². The zero-order chi connectivity index (χ0) is 14.8. The molecule has 0 spiro atoms. The van der Waals surface area contributed by atoms with E-state index in [1.54, 1.807) is 0 Å². The lowest BCUT2D eigenvalue weighted by Crippen LogP contribution is -2.24. The fourth-order valence-electron chi connectivity index (χ4n) is 2.98. The molecule has 3 rings (SSSR count). The molecule has 21 heavy (non-hydrogen) atoms. The lowest BCUT2D eigenvalue weighted by Gasteiger charge is -2.26. The van der Waals surface area contributed by atoms with Crippen LogP contribution >= 0.6 is 15.9 Å². The molecule has 1 aliphatic rings. The average molecular weight is 348 g/mol. The summed E-state index contributed by atoms with van der Waals surface area (Å²) in [4.78, 5) is 0. The maximum absolute atomic E-state index is 4.88. The minimum absolute atomic E-state index is 0.341. The highest BCUT2D eigenvalue weighted by molar-refractivity contribution is 9.10. The van der Waals surface area contributed by atoms with E-state index >= 15 is 0 Å². The van der Waals surface area contributed by atoms with E-state index in [4.69, 9.17) is 5.10 Å². The molecular weight excluding hydrogens is 326 g/mol. The van der Waals surface area contributed by atoms with Gasteiger partial charge in [0.1, 0.15) is 5.82 Å². The van der Waals surface area contributed by atoms with E-state index in [9.17, 15) is 0 Å². The predicted molar refractivity (Wildman–Crippen MR) is 91.0 cm³/mol. The minimum atomic E-state index is 0.341. The molecule has 0 fully saturated rings. The summed E-state index contributed by atoms with van der Waals surface area (Å²) in [6.07, 6.45) is 4.50. The fourth-order valence-corrected chi connectivity index (χ4v) is 3.58. The van der Waals surface area contributed by atoms with Crippen LogP contribution in [0.3, 0.4) is 0 Å². The third-order valence-corrected chi connectivity index (χ3v) is 4.95. The molecule has 1 atom stereocenters. The molecule has 0 radical (unpaired) electrons. The lowest BCUT2D eigenvalue weighted by atomic mass is 10.0. The average Bonchev–Trinajstić information content (AvgIpc) is 2.82. The van der Waals surface area contributed by atoms with Gasteiger partial charge in [0.2, 0.25) is 0 Å². The highest BCUT2D eigenvalue weighted by atomic mass is 79.9. The number of unbranched alkanes of at least 4 members (excludes halogenated alkanes) is 1. The van der Waals surface area contributed by atoms with E-state index in [1.807, 2.05) is 0 Å². The second-order valence-corrected chi connectivity index (χ2v) is 6.60. The Bertz CT molecular complexity index is 633. The summed E-state index contributed by atoms with van der Waals surface area (Å²) in [5, 5.41) is 8.38. The molecule has 0 saturated heterocycles. The highest BCUT2D eigenvalue weighted by Crippen LogP contribution is 2.36. The number of nitrogens with one attached hydrogen (secondary N) is 1. The number of aryl methyl sites for hydroxylation is 2. The summed E-state index contributed by atoms with van der Waals surface area (Å²) in [5.41, 5.74) is 3.85. The van der Waals surface area contributed by atoms with Crippen LogP contribution in [-0.4, -0.2) is 16.3 Å². The van der Waals surface area contributed by atoms with Crippen LogP contribution in [0.5, 0.6) is 0 Å². The van der Waals surface area contributed by atoms with Gasteiger partial charge in [-0.25, -0.2) is 4.68 Å². The Balaban J connectivity index is 1.98. The number of anilines is 1.